The van der Waals surface area contributed by atoms with E-state index in [-0.39, 0.29) is 17.8 Å². The van der Waals surface area contributed by atoms with Crippen molar-refractivity contribution >= 4 is 11.6 Å². The minimum Gasteiger partial charge on any atom is -0.339 e. The van der Waals surface area contributed by atoms with Gasteiger partial charge in [0.05, 0.1) is 12.4 Å². The van der Waals surface area contributed by atoms with Gasteiger partial charge in [0.25, 0.3) is 0 Å². The minimum atomic E-state index is -0.470. The van der Waals surface area contributed by atoms with E-state index in [0.717, 1.165) is 49.4 Å². The average Bonchev–Trinajstić information content (AvgIpc) is 3.36. The average molecular weight is 408 g/mol. The number of halogens is 1. The number of carbonyl (C=O) groups excluding carboxylic acids is 1. The number of para-hydroxylation sites is 1. The number of hydrogen-bond donors (Lipinski definition) is 2. The maximum Gasteiger partial charge on any atom is 0.247 e. The third-order valence-corrected chi connectivity index (χ3v) is 6.35. The predicted octanol–water partition coefficient (Wildman–Crippen LogP) is 2.71. The van der Waals surface area contributed by atoms with Crippen LogP contribution in [0.25, 0.3) is 0 Å². The van der Waals surface area contributed by atoms with E-state index in [4.69, 9.17) is 4.84 Å². The number of hydroxylamine groups is 1. The van der Waals surface area contributed by atoms with Gasteiger partial charge in [-0.1, -0.05) is 30.3 Å². The second-order valence-corrected chi connectivity index (χ2v) is 8.12. The van der Waals surface area contributed by atoms with Crippen LogP contribution in [0.15, 0.2) is 66.4 Å². The topological polar surface area (TPSA) is 56.8 Å². The van der Waals surface area contributed by atoms with Gasteiger partial charge in [-0.25, -0.2) is 4.39 Å². The standard InChI is InChI=1S/C23H25FN4O2/c24-18-8-6-17(7-9-18)21-14-19(26-30-21)15-27-12-10-23(11-13-27)22(29)25-16-28(23)20-4-2-1-3-5-20/h1-9,14,21,26H,10-13,15-16H2,(H,25,29). The number of rotatable bonds is 4. The summed E-state index contributed by atoms with van der Waals surface area (Å²) in [6.07, 6.45) is 3.38. The van der Waals surface area contributed by atoms with Crippen LogP contribution < -0.4 is 15.7 Å². The van der Waals surface area contributed by atoms with Crippen molar-refractivity contribution in [3.63, 3.8) is 0 Å². The molecule has 0 bridgehead atoms. The third kappa shape index (κ3) is 3.44. The smallest absolute Gasteiger partial charge is 0.247 e. The molecule has 1 spiro atoms. The Morgan fingerprint density at radius 1 is 1.07 bits per heavy atom. The summed E-state index contributed by atoms with van der Waals surface area (Å²) >= 11 is 0. The van der Waals surface area contributed by atoms with Gasteiger partial charge in [0, 0.05) is 25.3 Å². The molecule has 0 radical (unpaired) electrons. The summed E-state index contributed by atoms with van der Waals surface area (Å²) in [7, 11) is 0. The number of carbonyl (C=O) groups is 1. The van der Waals surface area contributed by atoms with Gasteiger partial charge >= 0.3 is 0 Å². The number of piperidine rings is 1. The number of nitrogens with one attached hydrogen (secondary N) is 2. The summed E-state index contributed by atoms with van der Waals surface area (Å²) < 4.78 is 13.1. The highest BCUT2D eigenvalue weighted by atomic mass is 19.1. The zero-order valence-electron chi connectivity index (χ0n) is 16.7. The molecule has 0 aliphatic carbocycles. The Hall–Kier alpha value is -2.90. The van der Waals surface area contributed by atoms with Gasteiger partial charge in [0.1, 0.15) is 17.5 Å². The maximum atomic E-state index is 13.1. The predicted molar refractivity (Wildman–Crippen MR) is 112 cm³/mol. The molecule has 1 amide bonds. The molecule has 5 rings (SSSR count). The lowest BCUT2D eigenvalue weighted by atomic mass is 9.85. The molecule has 2 N–H and O–H groups in total. The van der Waals surface area contributed by atoms with Crippen molar-refractivity contribution in [3.05, 3.63) is 77.8 Å². The number of hydrogen-bond acceptors (Lipinski definition) is 5. The Balaban J connectivity index is 1.23. The molecule has 0 saturated carbocycles. The SMILES string of the molecule is O=C1NCN(c2ccccc2)C12CCN(CC1=CC(c3ccc(F)cc3)ON1)CC2. The van der Waals surface area contributed by atoms with Crippen molar-refractivity contribution in [3.8, 4) is 0 Å². The summed E-state index contributed by atoms with van der Waals surface area (Å²) in [5.74, 6) is -0.124. The molecule has 2 aromatic rings. The molecule has 2 saturated heterocycles. The van der Waals surface area contributed by atoms with E-state index in [1.165, 1.54) is 12.1 Å². The van der Waals surface area contributed by atoms with Gasteiger partial charge in [0.15, 0.2) is 0 Å². The molecule has 7 heteroatoms. The van der Waals surface area contributed by atoms with Crippen molar-refractivity contribution in [1.29, 1.82) is 0 Å². The van der Waals surface area contributed by atoms with Crippen LogP contribution in [-0.2, 0) is 9.63 Å². The summed E-state index contributed by atoms with van der Waals surface area (Å²) in [4.78, 5) is 23.0. The monoisotopic (exact) mass is 408 g/mol. The van der Waals surface area contributed by atoms with E-state index < -0.39 is 5.54 Å². The van der Waals surface area contributed by atoms with Crippen molar-refractivity contribution in [2.45, 2.75) is 24.5 Å². The lowest BCUT2D eigenvalue weighted by Crippen LogP contribution is -2.56. The quantitative estimate of drug-likeness (QED) is 0.815. The number of amides is 1. The Labute approximate surface area is 175 Å². The summed E-state index contributed by atoms with van der Waals surface area (Å²) in [6, 6.07) is 16.5. The molecule has 1 unspecified atom stereocenters. The highest BCUT2D eigenvalue weighted by molar-refractivity contribution is 5.93. The lowest BCUT2D eigenvalue weighted by molar-refractivity contribution is -0.125. The van der Waals surface area contributed by atoms with Crippen molar-refractivity contribution < 1.29 is 14.0 Å². The van der Waals surface area contributed by atoms with Crippen molar-refractivity contribution in [1.82, 2.24) is 15.7 Å². The Bertz CT molecular complexity index is 939. The molecule has 0 aromatic heterocycles. The van der Waals surface area contributed by atoms with Crippen LogP contribution in [-0.4, -0.2) is 42.6 Å². The Kier molecular flexibility index (Phi) is 4.92. The van der Waals surface area contributed by atoms with Gasteiger partial charge in [-0.2, -0.15) is 0 Å². The first-order valence-electron chi connectivity index (χ1n) is 10.4. The van der Waals surface area contributed by atoms with Crippen molar-refractivity contribution in [2.24, 2.45) is 0 Å². The zero-order valence-corrected chi connectivity index (χ0v) is 16.7. The normalized spacial score (nSPS) is 23.4. The number of benzene rings is 2. The first-order chi connectivity index (χ1) is 14.6. The molecular formula is C23H25FN4O2. The van der Waals surface area contributed by atoms with E-state index in [9.17, 15) is 9.18 Å². The highest BCUT2D eigenvalue weighted by Crippen LogP contribution is 2.36. The van der Waals surface area contributed by atoms with Crippen LogP contribution in [0.2, 0.25) is 0 Å². The molecular weight excluding hydrogens is 383 g/mol. The molecule has 3 heterocycles. The van der Waals surface area contributed by atoms with E-state index in [1.54, 1.807) is 12.1 Å². The summed E-state index contributed by atoms with van der Waals surface area (Å²) in [5.41, 5.74) is 5.53. The Morgan fingerprint density at radius 3 is 2.53 bits per heavy atom. The Morgan fingerprint density at radius 2 is 1.80 bits per heavy atom. The first kappa shape index (κ1) is 19.1. The molecule has 3 aliphatic heterocycles. The number of likely N-dealkylation sites (tertiary alicyclic amines) is 1. The van der Waals surface area contributed by atoms with E-state index in [1.807, 2.05) is 24.3 Å². The van der Waals surface area contributed by atoms with Crippen molar-refractivity contribution in [2.75, 3.05) is 31.2 Å². The van der Waals surface area contributed by atoms with Gasteiger partial charge in [-0.15, -0.1) is 0 Å². The molecule has 156 valence electrons. The lowest BCUT2D eigenvalue weighted by Gasteiger charge is -2.43. The third-order valence-electron chi connectivity index (χ3n) is 6.35. The van der Waals surface area contributed by atoms with Gasteiger partial charge in [-0.05, 0) is 48.7 Å². The van der Waals surface area contributed by atoms with Crippen LogP contribution in [0.4, 0.5) is 10.1 Å². The van der Waals surface area contributed by atoms with Crippen LogP contribution in [0.5, 0.6) is 0 Å². The molecule has 6 nitrogen and oxygen atoms in total. The molecule has 1 atom stereocenters. The number of nitrogens with zero attached hydrogens (tertiary/aromatic N) is 2. The summed E-state index contributed by atoms with van der Waals surface area (Å²) in [5, 5.41) is 3.04. The van der Waals surface area contributed by atoms with Gasteiger partial charge in [0.2, 0.25) is 5.91 Å². The largest absolute Gasteiger partial charge is 0.339 e. The fourth-order valence-electron chi connectivity index (χ4n) is 4.65. The minimum absolute atomic E-state index is 0.129. The highest BCUT2D eigenvalue weighted by Gasteiger charge is 2.50. The molecule has 2 fully saturated rings. The van der Waals surface area contributed by atoms with Gasteiger partial charge < -0.3 is 10.2 Å². The van der Waals surface area contributed by atoms with E-state index in [2.05, 4.69) is 32.7 Å². The van der Waals surface area contributed by atoms with E-state index in [0.29, 0.717) is 6.67 Å². The number of anilines is 1. The van der Waals surface area contributed by atoms with Gasteiger partial charge in [-0.3, -0.25) is 20.0 Å². The maximum absolute atomic E-state index is 13.1. The summed E-state index contributed by atoms with van der Waals surface area (Å²) in [6.45, 7) is 2.96. The van der Waals surface area contributed by atoms with Crippen LogP contribution in [0.3, 0.4) is 0 Å². The second-order valence-electron chi connectivity index (χ2n) is 8.12. The fraction of sp³-hybridized carbons (Fsp3) is 0.348. The van der Waals surface area contributed by atoms with Crippen LogP contribution in [0.1, 0.15) is 24.5 Å². The molecule has 3 aliphatic rings. The molecule has 2 aromatic carbocycles. The zero-order chi connectivity index (χ0) is 20.6. The van der Waals surface area contributed by atoms with Crippen LogP contribution >= 0.6 is 0 Å². The van der Waals surface area contributed by atoms with E-state index >= 15 is 0 Å². The first-order valence-corrected chi connectivity index (χ1v) is 10.4. The fourth-order valence-corrected chi connectivity index (χ4v) is 4.65. The second kappa shape index (κ2) is 7.74. The van der Waals surface area contributed by atoms with Crippen LogP contribution in [0, 0.1) is 5.82 Å². The molecule has 30 heavy (non-hydrogen) atoms.